The van der Waals surface area contributed by atoms with Gasteiger partial charge in [0, 0.05) is 36.6 Å². The molecule has 0 radical (unpaired) electrons. The van der Waals surface area contributed by atoms with Gasteiger partial charge in [0.25, 0.3) is 5.91 Å². The van der Waals surface area contributed by atoms with E-state index in [4.69, 9.17) is 5.21 Å². The molecule has 2 aromatic rings. The fourth-order valence-corrected chi connectivity index (χ4v) is 4.43. The maximum absolute atomic E-state index is 13.1. The van der Waals surface area contributed by atoms with Gasteiger partial charge in [0.2, 0.25) is 11.8 Å². The third-order valence-corrected chi connectivity index (χ3v) is 6.13. The highest BCUT2D eigenvalue weighted by atomic mass is 16.5. The van der Waals surface area contributed by atoms with Crippen LogP contribution in [0, 0.1) is 11.8 Å². The molecule has 1 aromatic carbocycles. The number of aryl methyl sites for hydroxylation is 1. The summed E-state index contributed by atoms with van der Waals surface area (Å²) < 4.78 is 2.19. The maximum atomic E-state index is 13.1. The Balaban J connectivity index is 1.90. The van der Waals surface area contributed by atoms with Gasteiger partial charge in [0.1, 0.15) is 12.1 Å². The molecule has 1 aromatic heterocycles. The van der Waals surface area contributed by atoms with Gasteiger partial charge >= 0.3 is 0 Å². The Bertz CT molecular complexity index is 986. The van der Waals surface area contributed by atoms with E-state index < -0.39 is 29.9 Å². The molecule has 180 valence electrons. The molecule has 9 nitrogen and oxygen atoms in total. The molecule has 0 saturated heterocycles. The molecule has 1 unspecified atom stereocenters. The lowest BCUT2D eigenvalue weighted by Gasteiger charge is -2.25. The van der Waals surface area contributed by atoms with Crippen molar-refractivity contribution in [3.8, 4) is 0 Å². The van der Waals surface area contributed by atoms with Crippen LogP contribution in [0.25, 0.3) is 10.9 Å². The summed E-state index contributed by atoms with van der Waals surface area (Å²) in [7, 11) is 0. The van der Waals surface area contributed by atoms with Crippen molar-refractivity contribution in [1.82, 2.24) is 20.7 Å². The summed E-state index contributed by atoms with van der Waals surface area (Å²) >= 11 is 0. The lowest BCUT2D eigenvalue weighted by molar-refractivity contribution is -0.147. The van der Waals surface area contributed by atoms with E-state index in [9.17, 15) is 19.5 Å². The van der Waals surface area contributed by atoms with Gasteiger partial charge < -0.3 is 20.3 Å². The molecular weight excluding hydrogens is 424 g/mol. The van der Waals surface area contributed by atoms with Gasteiger partial charge in [-0.05, 0) is 43.2 Å². The SMILES string of the molecule is CC(C)C[C@@H](C(=O)N[C@H]1Cc2cn(c3ccccc23)CCCCCNC1=O)C(O)C(=O)NO. The number of amides is 3. The number of carbonyl (C=O) groups excluding carboxylic acids is 3. The number of para-hydroxylation sites is 1. The number of carbonyl (C=O) groups is 3. The lowest BCUT2D eigenvalue weighted by Crippen LogP contribution is -2.53. The molecule has 3 atom stereocenters. The number of hydrogen-bond acceptors (Lipinski definition) is 5. The molecule has 0 saturated carbocycles. The van der Waals surface area contributed by atoms with E-state index in [1.54, 1.807) is 0 Å². The molecule has 2 heterocycles. The highest BCUT2D eigenvalue weighted by Crippen LogP contribution is 2.24. The highest BCUT2D eigenvalue weighted by molar-refractivity contribution is 5.93. The van der Waals surface area contributed by atoms with Gasteiger partial charge in [-0.15, -0.1) is 0 Å². The van der Waals surface area contributed by atoms with Crippen molar-refractivity contribution in [1.29, 1.82) is 0 Å². The van der Waals surface area contributed by atoms with E-state index >= 15 is 0 Å². The Hall–Kier alpha value is -2.91. The first kappa shape index (κ1) is 24.7. The molecule has 33 heavy (non-hydrogen) atoms. The lowest BCUT2D eigenvalue weighted by atomic mass is 9.90. The van der Waals surface area contributed by atoms with Crippen LogP contribution in [0.2, 0.25) is 0 Å². The average Bonchev–Trinajstić information content (AvgIpc) is 3.14. The second-order valence-electron chi connectivity index (χ2n) is 9.14. The quantitative estimate of drug-likeness (QED) is 0.331. The van der Waals surface area contributed by atoms with Gasteiger partial charge in [-0.3, -0.25) is 19.6 Å². The predicted molar refractivity (Wildman–Crippen MR) is 123 cm³/mol. The summed E-state index contributed by atoms with van der Waals surface area (Å²) in [6, 6.07) is 7.12. The van der Waals surface area contributed by atoms with Gasteiger partial charge in [-0.1, -0.05) is 32.0 Å². The first-order valence-electron chi connectivity index (χ1n) is 11.6. The Kier molecular flexibility index (Phi) is 8.46. The molecule has 0 fully saturated rings. The number of hydroxylamine groups is 1. The van der Waals surface area contributed by atoms with Crippen molar-refractivity contribution >= 4 is 28.6 Å². The van der Waals surface area contributed by atoms with Crippen LogP contribution in [0.15, 0.2) is 30.5 Å². The molecule has 1 aliphatic heterocycles. The van der Waals surface area contributed by atoms with Crippen molar-refractivity contribution in [2.45, 2.75) is 64.6 Å². The predicted octanol–water partition coefficient (Wildman–Crippen LogP) is 1.50. The largest absolute Gasteiger partial charge is 0.382 e. The summed E-state index contributed by atoms with van der Waals surface area (Å²) in [4.78, 5) is 38.0. The number of fused-ring (bicyclic) bond motifs is 5. The minimum atomic E-state index is -1.73. The highest BCUT2D eigenvalue weighted by Gasteiger charge is 2.35. The second-order valence-corrected chi connectivity index (χ2v) is 9.14. The molecule has 3 amide bonds. The Morgan fingerprint density at radius 3 is 2.67 bits per heavy atom. The fourth-order valence-electron chi connectivity index (χ4n) is 4.43. The number of nitrogens with one attached hydrogen (secondary N) is 3. The van der Waals surface area contributed by atoms with Crippen molar-refractivity contribution in [2.75, 3.05) is 6.54 Å². The Labute approximate surface area is 193 Å². The van der Waals surface area contributed by atoms with E-state index in [1.807, 2.05) is 38.2 Å². The van der Waals surface area contributed by atoms with E-state index in [-0.39, 0.29) is 24.7 Å². The first-order valence-corrected chi connectivity index (χ1v) is 11.6. The van der Waals surface area contributed by atoms with Crippen LogP contribution in [0.5, 0.6) is 0 Å². The molecule has 0 spiro atoms. The topological polar surface area (TPSA) is 133 Å². The van der Waals surface area contributed by atoms with E-state index in [0.29, 0.717) is 6.54 Å². The molecule has 1 aliphatic rings. The summed E-state index contributed by atoms with van der Waals surface area (Å²) in [5.41, 5.74) is 3.43. The molecule has 2 bridgehead atoms. The zero-order valence-electron chi connectivity index (χ0n) is 19.2. The number of hydrogen-bond donors (Lipinski definition) is 5. The number of rotatable bonds is 6. The number of nitrogens with zero attached hydrogens (tertiary/aromatic N) is 1. The van der Waals surface area contributed by atoms with Gasteiger partial charge in [-0.25, -0.2) is 5.48 Å². The van der Waals surface area contributed by atoms with Crippen LogP contribution in [0.1, 0.15) is 45.1 Å². The minimum absolute atomic E-state index is 0.00463. The van der Waals surface area contributed by atoms with E-state index in [0.717, 1.165) is 42.3 Å². The van der Waals surface area contributed by atoms with Crippen LogP contribution in [-0.2, 0) is 27.3 Å². The Morgan fingerprint density at radius 2 is 1.94 bits per heavy atom. The molecule has 5 N–H and O–H groups in total. The maximum Gasteiger partial charge on any atom is 0.272 e. The number of aliphatic hydroxyl groups excluding tert-OH is 1. The van der Waals surface area contributed by atoms with Crippen molar-refractivity contribution in [2.24, 2.45) is 11.8 Å². The van der Waals surface area contributed by atoms with E-state index in [2.05, 4.69) is 21.3 Å². The van der Waals surface area contributed by atoms with Crippen LogP contribution in [0.4, 0.5) is 0 Å². The van der Waals surface area contributed by atoms with Crippen LogP contribution in [0.3, 0.4) is 0 Å². The normalized spacial score (nSPS) is 19.2. The number of aromatic nitrogens is 1. The van der Waals surface area contributed by atoms with Crippen molar-refractivity contribution in [3.63, 3.8) is 0 Å². The average molecular weight is 459 g/mol. The van der Waals surface area contributed by atoms with Crippen LogP contribution in [-0.4, -0.2) is 51.3 Å². The van der Waals surface area contributed by atoms with Gasteiger partial charge in [0.05, 0.1) is 5.92 Å². The van der Waals surface area contributed by atoms with Crippen molar-refractivity contribution in [3.05, 3.63) is 36.0 Å². The first-order chi connectivity index (χ1) is 15.8. The third-order valence-electron chi connectivity index (χ3n) is 6.13. The second kappa shape index (κ2) is 11.3. The van der Waals surface area contributed by atoms with Crippen molar-refractivity contribution < 1.29 is 24.7 Å². The zero-order valence-corrected chi connectivity index (χ0v) is 19.2. The minimum Gasteiger partial charge on any atom is -0.382 e. The molecule has 3 rings (SSSR count). The smallest absolute Gasteiger partial charge is 0.272 e. The van der Waals surface area contributed by atoms with Gasteiger partial charge in [-0.2, -0.15) is 0 Å². The zero-order chi connectivity index (χ0) is 24.0. The van der Waals surface area contributed by atoms with E-state index in [1.165, 1.54) is 5.48 Å². The number of benzene rings is 1. The monoisotopic (exact) mass is 458 g/mol. The molecular formula is C24H34N4O5. The number of aliphatic hydroxyl groups is 1. The summed E-state index contributed by atoms with van der Waals surface area (Å²) in [5.74, 6) is -3.05. The third kappa shape index (κ3) is 6.11. The van der Waals surface area contributed by atoms with Crippen LogP contribution < -0.4 is 16.1 Å². The summed E-state index contributed by atoms with van der Waals surface area (Å²) in [5, 5.41) is 25.9. The standard InChI is InChI=1S/C24H34N4O5/c1-15(2)12-18(21(29)24(32)27-33)22(30)26-19-13-16-14-28(20-9-5-4-8-17(16)20)11-7-3-6-10-25-23(19)31/h4-5,8-9,14-15,18-19,21,29,33H,3,6-7,10-13H2,1-2H3,(H,25,31)(H,26,30)(H,27,32)/t18-,19+,21?/m1/s1. The Morgan fingerprint density at radius 1 is 1.18 bits per heavy atom. The van der Waals surface area contributed by atoms with Gasteiger partial charge in [0.15, 0.2) is 0 Å². The fraction of sp³-hybridized carbons (Fsp3) is 0.542. The molecule has 0 aliphatic carbocycles. The summed E-state index contributed by atoms with van der Waals surface area (Å²) in [6.45, 7) is 5.12. The molecule has 9 heteroatoms. The van der Waals surface area contributed by atoms with Crippen LogP contribution >= 0.6 is 0 Å². The summed E-state index contributed by atoms with van der Waals surface area (Å²) in [6.07, 6.45) is 3.62.